The average Bonchev–Trinajstić information content (AvgIpc) is 3.37. The van der Waals surface area contributed by atoms with E-state index in [1.807, 2.05) is 30.3 Å². The van der Waals surface area contributed by atoms with E-state index in [0.717, 1.165) is 30.9 Å². The lowest BCUT2D eigenvalue weighted by atomic mass is 9.94. The Kier molecular flexibility index (Phi) is 3.73. The highest BCUT2D eigenvalue weighted by Crippen LogP contribution is 2.43. The zero-order valence-electron chi connectivity index (χ0n) is 12.8. The van der Waals surface area contributed by atoms with Gasteiger partial charge in [-0.15, -0.1) is 0 Å². The first-order valence-corrected chi connectivity index (χ1v) is 7.77. The molecule has 0 N–H and O–H groups in total. The van der Waals surface area contributed by atoms with Crippen LogP contribution >= 0.6 is 0 Å². The Hall–Kier alpha value is -2.01. The summed E-state index contributed by atoms with van der Waals surface area (Å²) in [5, 5.41) is 0. The minimum Gasteiger partial charge on any atom is -0.373 e. The Morgan fingerprint density at radius 3 is 2.26 bits per heavy atom. The number of benzene rings is 2. The topological polar surface area (TPSA) is 48.1 Å². The molecule has 3 aliphatic rings. The molecule has 0 saturated carbocycles. The minimum absolute atomic E-state index is 0.0607. The van der Waals surface area contributed by atoms with Crippen molar-refractivity contribution < 1.29 is 19.0 Å². The summed E-state index contributed by atoms with van der Waals surface area (Å²) in [6, 6.07) is 15.9. The van der Waals surface area contributed by atoms with Crippen LogP contribution in [0.2, 0.25) is 0 Å². The van der Waals surface area contributed by atoms with Gasteiger partial charge in [-0.3, -0.25) is 4.79 Å². The second-order valence-corrected chi connectivity index (χ2v) is 6.01. The van der Waals surface area contributed by atoms with E-state index in [1.165, 1.54) is 11.1 Å². The van der Waals surface area contributed by atoms with Crippen LogP contribution in [0.3, 0.4) is 0 Å². The van der Waals surface area contributed by atoms with Gasteiger partial charge in [0.25, 0.3) is 0 Å². The van der Waals surface area contributed by atoms with E-state index in [-0.39, 0.29) is 18.0 Å². The van der Waals surface area contributed by atoms with Crippen LogP contribution in [0.15, 0.2) is 48.5 Å². The number of ketones is 1. The van der Waals surface area contributed by atoms with Crippen molar-refractivity contribution in [3.8, 4) is 0 Å². The molecule has 1 spiro atoms. The van der Waals surface area contributed by atoms with Crippen LogP contribution in [0.25, 0.3) is 0 Å². The number of Topliss-reactive ketones (excluding diaryl/α,β-unsaturated/α-hetero) is 1. The first-order valence-electron chi connectivity index (χ1n) is 7.77. The van der Waals surface area contributed by atoms with E-state index >= 15 is 0 Å². The van der Waals surface area contributed by atoms with E-state index in [1.54, 1.807) is 0 Å². The van der Waals surface area contributed by atoms with E-state index in [0.29, 0.717) is 6.61 Å². The van der Waals surface area contributed by atoms with Crippen LogP contribution in [0.5, 0.6) is 0 Å². The highest BCUT2D eigenvalue weighted by atomic mass is 16.6. The molecule has 118 valence electrons. The van der Waals surface area contributed by atoms with Gasteiger partial charge >= 0.3 is 0 Å². The smallest absolute Gasteiger partial charge is 0.188 e. The van der Waals surface area contributed by atoms with Crippen LogP contribution in [0.1, 0.15) is 27.0 Å². The number of hydrogen-bond acceptors (Lipinski definition) is 4. The molecule has 2 aromatic rings. The third-order valence-electron chi connectivity index (χ3n) is 4.40. The molecule has 4 heteroatoms. The van der Waals surface area contributed by atoms with Gasteiger partial charge in [0.15, 0.2) is 5.78 Å². The summed E-state index contributed by atoms with van der Waals surface area (Å²) in [7, 11) is 0. The fourth-order valence-corrected chi connectivity index (χ4v) is 3.07. The molecule has 3 heterocycles. The zero-order valence-corrected chi connectivity index (χ0v) is 12.8. The maximum atomic E-state index is 11.2. The number of epoxide rings is 1. The number of ether oxygens (including phenoxy) is 3. The van der Waals surface area contributed by atoms with Crippen molar-refractivity contribution in [3.63, 3.8) is 0 Å². The number of hydrogen-bond donors (Lipinski definition) is 0. The Labute approximate surface area is 135 Å². The van der Waals surface area contributed by atoms with Gasteiger partial charge in [0.1, 0.15) is 12.2 Å². The van der Waals surface area contributed by atoms with Gasteiger partial charge in [0.05, 0.1) is 26.4 Å². The third-order valence-corrected chi connectivity index (χ3v) is 4.40. The second kappa shape index (κ2) is 5.89. The Bertz CT molecular complexity index is 734. The van der Waals surface area contributed by atoms with Crippen molar-refractivity contribution in [2.75, 3.05) is 19.8 Å². The molecule has 3 aliphatic heterocycles. The predicted octanol–water partition coefficient (Wildman–Crippen LogP) is 2.84. The summed E-state index contributed by atoms with van der Waals surface area (Å²) in [4.78, 5) is 11.2. The molecule has 4 nitrogen and oxygen atoms in total. The van der Waals surface area contributed by atoms with Crippen LogP contribution in [0.4, 0.5) is 0 Å². The van der Waals surface area contributed by atoms with Crippen molar-refractivity contribution in [1.29, 1.82) is 0 Å². The molecule has 1 fully saturated rings. The fraction of sp³-hybridized carbons (Fsp3) is 0.316. The lowest BCUT2D eigenvalue weighted by Gasteiger charge is -2.22. The number of fused-ring (bicyclic) bond motifs is 3. The van der Waals surface area contributed by atoms with Gasteiger partial charge in [0.2, 0.25) is 0 Å². The van der Waals surface area contributed by atoms with Crippen molar-refractivity contribution in [1.82, 2.24) is 0 Å². The molecule has 23 heavy (non-hydrogen) atoms. The predicted molar refractivity (Wildman–Crippen MR) is 84.2 cm³/mol. The van der Waals surface area contributed by atoms with Gasteiger partial charge in [0, 0.05) is 5.56 Å². The second-order valence-electron chi connectivity index (χ2n) is 6.01. The fourth-order valence-electron chi connectivity index (χ4n) is 3.07. The molecule has 1 atom stereocenters. The summed E-state index contributed by atoms with van der Waals surface area (Å²) in [6.07, 6.45) is 0. The molecule has 0 aromatic heterocycles. The molecule has 1 saturated heterocycles. The van der Waals surface area contributed by atoms with Gasteiger partial charge in [-0.2, -0.15) is 0 Å². The lowest BCUT2D eigenvalue weighted by molar-refractivity contribution is 0.0483. The molecule has 0 radical (unpaired) electrons. The lowest BCUT2D eigenvalue weighted by Crippen LogP contribution is -2.24. The molecular weight excluding hydrogens is 292 g/mol. The highest BCUT2D eigenvalue weighted by molar-refractivity contribution is 5.99. The van der Waals surface area contributed by atoms with Crippen LogP contribution in [-0.4, -0.2) is 25.6 Å². The van der Waals surface area contributed by atoms with Crippen LogP contribution in [-0.2, 0) is 33.0 Å². The summed E-state index contributed by atoms with van der Waals surface area (Å²) < 4.78 is 15.9. The molecule has 2 aromatic carbocycles. The molecule has 0 bridgehead atoms. The van der Waals surface area contributed by atoms with Crippen LogP contribution in [0, 0.1) is 0 Å². The molecule has 0 aliphatic carbocycles. The first-order chi connectivity index (χ1) is 11.3. The highest BCUT2D eigenvalue weighted by Gasteiger charge is 2.49. The van der Waals surface area contributed by atoms with Gasteiger partial charge < -0.3 is 14.2 Å². The summed E-state index contributed by atoms with van der Waals surface area (Å²) in [5.74, 6) is 0.0897. The maximum Gasteiger partial charge on any atom is 0.188 e. The molecule has 5 rings (SSSR count). The quantitative estimate of drug-likeness (QED) is 0.702. The number of rotatable bonds is 0. The van der Waals surface area contributed by atoms with Crippen molar-refractivity contribution in [3.05, 3.63) is 70.8 Å². The van der Waals surface area contributed by atoms with E-state index < -0.39 is 0 Å². The summed E-state index contributed by atoms with van der Waals surface area (Å²) >= 11 is 0. The van der Waals surface area contributed by atoms with Crippen molar-refractivity contribution in [2.45, 2.75) is 18.8 Å². The van der Waals surface area contributed by atoms with Gasteiger partial charge in [-0.1, -0.05) is 48.5 Å². The maximum absolute atomic E-state index is 11.2. The summed E-state index contributed by atoms with van der Waals surface area (Å²) in [5.41, 5.74) is 4.37. The molecular formula is C19H18O4. The first kappa shape index (κ1) is 14.6. The standard InChI is InChI=1S/C10H10O2.C9H8O2/c1-2-4-9-8(3-1)5-11-6-10(9)7-12-10;10-9-6-11-5-7-3-1-2-4-8(7)9/h1-4H,5-7H2;1-4H,5-6H2. The minimum atomic E-state index is -0.0607. The van der Waals surface area contributed by atoms with Crippen molar-refractivity contribution >= 4 is 5.78 Å². The van der Waals surface area contributed by atoms with Gasteiger partial charge in [-0.05, 0) is 16.7 Å². The van der Waals surface area contributed by atoms with E-state index in [2.05, 4.69) is 18.2 Å². The normalized spacial score (nSPS) is 24.3. The average molecular weight is 310 g/mol. The summed E-state index contributed by atoms with van der Waals surface area (Å²) in [6.45, 7) is 3.09. The van der Waals surface area contributed by atoms with E-state index in [4.69, 9.17) is 14.2 Å². The largest absolute Gasteiger partial charge is 0.373 e. The molecule has 0 amide bonds. The van der Waals surface area contributed by atoms with Crippen LogP contribution < -0.4 is 0 Å². The third kappa shape index (κ3) is 2.81. The number of carbonyl (C=O) groups excluding carboxylic acids is 1. The monoisotopic (exact) mass is 310 g/mol. The van der Waals surface area contributed by atoms with Crippen molar-refractivity contribution in [2.24, 2.45) is 0 Å². The van der Waals surface area contributed by atoms with E-state index in [9.17, 15) is 4.79 Å². The Balaban J connectivity index is 0.000000118. The van der Waals surface area contributed by atoms with Gasteiger partial charge in [-0.25, -0.2) is 0 Å². The SMILES string of the molecule is O=C1COCc2ccccc21.c1ccc2c(c1)COCC21CO1. The molecule has 1 unspecified atom stereocenters. The Morgan fingerprint density at radius 2 is 1.48 bits per heavy atom. The zero-order chi connectivity index (χ0) is 15.7. The number of carbonyl (C=O) groups is 1. The Morgan fingerprint density at radius 1 is 0.783 bits per heavy atom.